The molecule has 0 aliphatic carbocycles. The number of benzene rings is 2. The lowest BCUT2D eigenvalue weighted by Gasteiger charge is -2.15. The van der Waals surface area contributed by atoms with Gasteiger partial charge in [-0.1, -0.05) is 35.9 Å². The van der Waals surface area contributed by atoms with E-state index in [-0.39, 0.29) is 4.87 Å². The van der Waals surface area contributed by atoms with Crippen molar-refractivity contribution in [3.8, 4) is 0 Å². The molecule has 0 fully saturated rings. The van der Waals surface area contributed by atoms with Gasteiger partial charge in [-0.2, -0.15) is 0 Å². The summed E-state index contributed by atoms with van der Waals surface area (Å²) in [7, 11) is 0. The van der Waals surface area contributed by atoms with Crippen LogP contribution in [0.3, 0.4) is 0 Å². The summed E-state index contributed by atoms with van der Waals surface area (Å²) in [4.78, 5) is 17.6. The molecule has 1 aliphatic heterocycles. The van der Waals surface area contributed by atoms with Crippen LogP contribution in [0.15, 0.2) is 58.3 Å². The van der Waals surface area contributed by atoms with Gasteiger partial charge in [0.05, 0.1) is 5.69 Å². The van der Waals surface area contributed by atoms with Crippen LogP contribution in [0.25, 0.3) is 0 Å². The second kappa shape index (κ2) is 7.02. The second-order valence-corrected chi connectivity index (χ2v) is 7.54. The quantitative estimate of drug-likeness (QED) is 0.686. The van der Waals surface area contributed by atoms with Gasteiger partial charge in [-0.05, 0) is 66.0 Å². The summed E-state index contributed by atoms with van der Waals surface area (Å²) in [5, 5.41) is 0.755. The van der Waals surface area contributed by atoms with Gasteiger partial charge >= 0.3 is 4.87 Å². The van der Waals surface area contributed by atoms with Gasteiger partial charge in [-0.15, -0.1) is 0 Å². The molecule has 6 heteroatoms. The van der Waals surface area contributed by atoms with Crippen LogP contribution in [-0.4, -0.2) is 9.36 Å². The number of rotatable bonds is 3. The van der Waals surface area contributed by atoms with Gasteiger partial charge in [0.2, 0.25) is 4.80 Å². The Morgan fingerprint density at radius 3 is 2.20 bits per heavy atom. The van der Waals surface area contributed by atoms with Crippen LogP contribution in [-0.2, 0) is 19.5 Å². The fraction of sp³-hybridized carbons (Fsp3) is 0.263. The average molecular weight is 372 g/mol. The van der Waals surface area contributed by atoms with Crippen LogP contribution in [0.5, 0.6) is 0 Å². The predicted octanol–water partition coefficient (Wildman–Crippen LogP) is 3.98. The molecule has 0 amide bonds. The van der Waals surface area contributed by atoms with Gasteiger partial charge in [0.15, 0.2) is 0 Å². The van der Waals surface area contributed by atoms with Crippen molar-refractivity contribution in [1.29, 1.82) is 0 Å². The Hall–Kier alpha value is -2.11. The zero-order valence-electron chi connectivity index (χ0n) is 13.7. The summed E-state index contributed by atoms with van der Waals surface area (Å²) in [6.45, 7) is 1.66. The molecular weight excluding hydrogens is 354 g/mol. The fourth-order valence-corrected chi connectivity index (χ4v) is 4.08. The van der Waals surface area contributed by atoms with Gasteiger partial charge < -0.3 is 0 Å². The zero-order valence-corrected chi connectivity index (χ0v) is 15.3. The van der Waals surface area contributed by atoms with E-state index in [0.29, 0.717) is 0 Å². The first-order valence-electron chi connectivity index (χ1n) is 8.38. The van der Waals surface area contributed by atoms with Gasteiger partial charge in [0.1, 0.15) is 0 Å². The fourth-order valence-electron chi connectivity index (χ4n) is 3.05. The number of aromatic nitrogens is 2. The smallest absolute Gasteiger partial charge is 0.256 e. The standard InChI is InChI=1S/C19H18ClN3OS/c20-16-7-3-14(4-8-16)13-15-5-9-17(10-6-15)21-18-22-11-1-2-12-23(22)19(24)25-18/h3-10H,1-2,11-13H2. The summed E-state index contributed by atoms with van der Waals surface area (Å²) in [5.74, 6) is 0. The first-order chi connectivity index (χ1) is 12.2. The number of hydrogen-bond acceptors (Lipinski definition) is 3. The van der Waals surface area contributed by atoms with Crippen LogP contribution < -0.4 is 9.67 Å². The molecule has 0 bridgehead atoms. The van der Waals surface area contributed by atoms with E-state index in [4.69, 9.17) is 11.6 Å². The lowest BCUT2D eigenvalue weighted by atomic mass is 10.1. The van der Waals surface area contributed by atoms with E-state index in [1.165, 1.54) is 22.5 Å². The third kappa shape index (κ3) is 3.62. The highest BCUT2D eigenvalue weighted by Crippen LogP contribution is 2.17. The Kier molecular flexibility index (Phi) is 4.59. The van der Waals surface area contributed by atoms with Crippen molar-refractivity contribution in [3.05, 3.63) is 79.1 Å². The Labute approximate surface area is 154 Å². The third-order valence-electron chi connectivity index (χ3n) is 4.37. The molecule has 0 atom stereocenters. The van der Waals surface area contributed by atoms with Gasteiger partial charge in [0.25, 0.3) is 0 Å². The summed E-state index contributed by atoms with van der Waals surface area (Å²) in [6, 6.07) is 16.1. The maximum atomic E-state index is 12.0. The zero-order chi connectivity index (χ0) is 17.2. The molecule has 0 unspecified atom stereocenters. The van der Waals surface area contributed by atoms with Gasteiger partial charge in [0, 0.05) is 18.1 Å². The minimum absolute atomic E-state index is 0.0813. The van der Waals surface area contributed by atoms with E-state index in [9.17, 15) is 4.79 Å². The summed E-state index contributed by atoms with van der Waals surface area (Å²) < 4.78 is 3.82. The van der Waals surface area contributed by atoms with E-state index < -0.39 is 0 Å². The van der Waals surface area contributed by atoms with E-state index in [2.05, 4.69) is 17.1 Å². The molecule has 0 spiro atoms. The average Bonchev–Trinajstić information content (AvgIpc) is 2.95. The van der Waals surface area contributed by atoms with E-state index in [1.54, 1.807) is 0 Å². The Balaban J connectivity index is 1.58. The number of halogens is 1. The molecule has 0 N–H and O–H groups in total. The highest BCUT2D eigenvalue weighted by Gasteiger charge is 2.12. The van der Waals surface area contributed by atoms with Crippen molar-refractivity contribution >= 4 is 28.6 Å². The van der Waals surface area contributed by atoms with E-state index >= 15 is 0 Å². The van der Waals surface area contributed by atoms with Crippen LogP contribution in [0.2, 0.25) is 5.02 Å². The van der Waals surface area contributed by atoms with Crippen molar-refractivity contribution in [2.75, 3.05) is 0 Å². The molecule has 4 rings (SSSR count). The molecule has 3 aromatic rings. The van der Waals surface area contributed by atoms with Crippen LogP contribution in [0, 0.1) is 0 Å². The van der Waals surface area contributed by atoms with Crippen molar-refractivity contribution < 1.29 is 0 Å². The first-order valence-corrected chi connectivity index (χ1v) is 9.57. The summed E-state index contributed by atoms with van der Waals surface area (Å²) in [6.07, 6.45) is 3.03. The Morgan fingerprint density at radius 1 is 0.920 bits per heavy atom. The number of nitrogens with zero attached hydrogens (tertiary/aromatic N) is 3. The highest BCUT2D eigenvalue weighted by atomic mass is 35.5. The minimum atomic E-state index is 0.0813. The van der Waals surface area contributed by atoms with Crippen LogP contribution in [0.4, 0.5) is 5.69 Å². The Morgan fingerprint density at radius 2 is 1.52 bits per heavy atom. The van der Waals surface area contributed by atoms with Crippen LogP contribution >= 0.6 is 22.9 Å². The molecule has 2 aromatic carbocycles. The molecule has 0 radical (unpaired) electrons. The van der Waals surface area contributed by atoms with E-state index in [0.717, 1.165) is 47.9 Å². The maximum absolute atomic E-state index is 12.0. The molecule has 0 saturated carbocycles. The predicted molar refractivity (Wildman–Crippen MR) is 102 cm³/mol. The lowest BCUT2D eigenvalue weighted by molar-refractivity contribution is 0.345. The molecular formula is C19H18ClN3OS. The lowest BCUT2D eigenvalue weighted by Crippen LogP contribution is -2.31. The van der Waals surface area contributed by atoms with Crippen molar-refractivity contribution in [1.82, 2.24) is 9.36 Å². The molecule has 25 heavy (non-hydrogen) atoms. The van der Waals surface area contributed by atoms with Gasteiger partial charge in [-0.3, -0.25) is 9.48 Å². The molecule has 1 aromatic heterocycles. The molecule has 0 saturated heterocycles. The molecule has 2 heterocycles. The molecule has 1 aliphatic rings. The number of fused-ring (bicyclic) bond motifs is 1. The SMILES string of the molecule is O=c1sc(=Nc2ccc(Cc3ccc(Cl)cc3)cc2)n2n1CCCC2. The summed E-state index contributed by atoms with van der Waals surface area (Å²) in [5.41, 5.74) is 3.33. The van der Waals surface area contributed by atoms with Crippen LogP contribution in [0.1, 0.15) is 24.0 Å². The normalized spacial score (nSPS) is 14.5. The first kappa shape index (κ1) is 16.4. The molecule has 128 valence electrons. The van der Waals surface area contributed by atoms with E-state index in [1.807, 2.05) is 45.8 Å². The largest absolute Gasteiger partial charge is 0.325 e. The number of hydrogen-bond donors (Lipinski definition) is 0. The maximum Gasteiger partial charge on any atom is 0.325 e. The van der Waals surface area contributed by atoms with Crippen molar-refractivity contribution in [3.63, 3.8) is 0 Å². The third-order valence-corrected chi connectivity index (χ3v) is 5.50. The summed E-state index contributed by atoms with van der Waals surface area (Å²) >= 11 is 7.15. The second-order valence-electron chi connectivity index (χ2n) is 6.19. The van der Waals surface area contributed by atoms with Crippen molar-refractivity contribution in [2.45, 2.75) is 32.4 Å². The Bertz CT molecular complexity index is 997. The highest BCUT2D eigenvalue weighted by molar-refractivity contribution is 7.06. The topological polar surface area (TPSA) is 39.3 Å². The molecule has 4 nitrogen and oxygen atoms in total. The minimum Gasteiger partial charge on any atom is -0.256 e. The van der Waals surface area contributed by atoms with Crippen molar-refractivity contribution in [2.24, 2.45) is 4.99 Å². The monoisotopic (exact) mass is 371 g/mol. The van der Waals surface area contributed by atoms with Gasteiger partial charge in [-0.25, -0.2) is 9.67 Å².